The topological polar surface area (TPSA) is 84.1 Å². The van der Waals surface area contributed by atoms with E-state index in [0.717, 1.165) is 25.9 Å². The largest absolute Gasteiger partial charge is 0.368 e. The summed E-state index contributed by atoms with van der Waals surface area (Å²) in [5.41, 5.74) is 5.51. The number of nitrogen functional groups attached to an aromatic ring is 1. The van der Waals surface area contributed by atoms with E-state index in [9.17, 15) is 4.79 Å². The van der Waals surface area contributed by atoms with Crippen molar-refractivity contribution in [3.63, 3.8) is 0 Å². The summed E-state index contributed by atoms with van der Waals surface area (Å²) >= 11 is 5.96. The first-order chi connectivity index (χ1) is 9.08. The van der Waals surface area contributed by atoms with E-state index in [1.165, 1.54) is 12.6 Å². The SMILES string of the molecule is CC(Nc1nc(N)ncc1Cl)C(=O)N1CCCCC1. The lowest BCUT2D eigenvalue weighted by Crippen LogP contribution is -2.44. The molecule has 2 heterocycles. The van der Waals surface area contributed by atoms with Gasteiger partial charge in [-0.05, 0) is 26.2 Å². The zero-order valence-corrected chi connectivity index (χ0v) is 11.7. The molecule has 1 aliphatic rings. The highest BCUT2D eigenvalue weighted by molar-refractivity contribution is 6.32. The summed E-state index contributed by atoms with van der Waals surface area (Å²) in [4.78, 5) is 21.9. The molecule has 1 amide bonds. The highest BCUT2D eigenvalue weighted by Gasteiger charge is 2.22. The number of carbonyl (C=O) groups is 1. The van der Waals surface area contributed by atoms with Crippen LogP contribution in [0, 0.1) is 0 Å². The number of nitrogens with two attached hydrogens (primary N) is 1. The normalized spacial score (nSPS) is 17.1. The number of hydrogen-bond donors (Lipinski definition) is 2. The summed E-state index contributed by atoms with van der Waals surface area (Å²) < 4.78 is 0. The van der Waals surface area contributed by atoms with Gasteiger partial charge in [0.1, 0.15) is 11.1 Å². The Hall–Kier alpha value is -1.56. The minimum absolute atomic E-state index is 0.0629. The van der Waals surface area contributed by atoms with Crippen LogP contribution < -0.4 is 11.1 Å². The Labute approximate surface area is 117 Å². The molecule has 1 aromatic heterocycles. The number of nitrogens with one attached hydrogen (secondary N) is 1. The van der Waals surface area contributed by atoms with Crippen LogP contribution in [0.2, 0.25) is 5.02 Å². The molecule has 1 aromatic rings. The predicted octanol–water partition coefficient (Wildman–Crippen LogP) is 1.53. The molecular weight excluding hydrogens is 266 g/mol. The maximum atomic E-state index is 12.2. The van der Waals surface area contributed by atoms with Crippen LogP contribution in [0.1, 0.15) is 26.2 Å². The van der Waals surface area contributed by atoms with Crippen molar-refractivity contribution in [2.24, 2.45) is 0 Å². The van der Waals surface area contributed by atoms with Gasteiger partial charge < -0.3 is 16.0 Å². The number of hydrogen-bond acceptors (Lipinski definition) is 5. The van der Waals surface area contributed by atoms with Gasteiger partial charge in [-0.15, -0.1) is 0 Å². The van der Waals surface area contributed by atoms with E-state index in [-0.39, 0.29) is 17.9 Å². The number of likely N-dealkylation sites (tertiary alicyclic amines) is 1. The second kappa shape index (κ2) is 6.06. The highest BCUT2D eigenvalue weighted by Crippen LogP contribution is 2.20. The summed E-state index contributed by atoms with van der Waals surface area (Å²) in [6.45, 7) is 3.45. The molecule has 19 heavy (non-hydrogen) atoms. The first kappa shape index (κ1) is 13.9. The van der Waals surface area contributed by atoms with Crippen LogP contribution in [0.15, 0.2) is 6.20 Å². The van der Waals surface area contributed by atoms with Gasteiger partial charge in [-0.1, -0.05) is 11.6 Å². The molecule has 6 nitrogen and oxygen atoms in total. The predicted molar refractivity (Wildman–Crippen MR) is 75.0 cm³/mol. The number of aromatic nitrogens is 2. The minimum atomic E-state index is -0.384. The Balaban J connectivity index is 2.01. The van der Waals surface area contributed by atoms with E-state index in [2.05, 4.69) is 15.3 Å². The Bertz CT molecular complexity index is 461. The van der Waals surface area contributed by atoms with Crippen molar-refractivity contribution < 1.29 is 4.79 Å². The number of nitrogens with zero attached hydrogens (tertiary/aromatic N) is 3. The summed E-state index contributed by atoms with van der Waals surface area (Å²) in [6.07, 6.45) is 4.75. The smallest absolute Gasteiger partial charge is 0.244 e. The molecule has 1 fully saturated rings. The van der Waals surface area contributed by atoms with Crippen LogP contribution in [0.5, 0.6) is 0 Å². The molecule has 1 unspecified atom stereocenters. The molecule has 1 aliphatic heterocycles. The van der Waals surface area contributed by atoms with E-state index in [4.69, 9.17) is 17.3 Å². The first-order valence-electron chi connectivity index (χ1n) is 6.41. The van der Waals surface area contributed by atoms with E-state index in [1.54, 1.807) is 6.92 Å². The van der Waals surface area contributed by atoms with Crippen LogP contribution in [0.4, 0.5) is 11.8 Å². The van der Waals surface area contributed by atoms with Gasteiger partial charge >= 0.3 is 0 Å². The van der Waals surface area contributed by atoms with Crippen LogP contribution in [0.25, 0.3) is 0 Å². The standard InChI is InChI=1S/C12H18ClN5O/c1-8(11(19)18-5-3-2-4-6-18)16-10-9(13)7-15-12(14)17-10/h7-8H,2-6H2,1H3,(H3,14,15,16,17). The Morgan fingerprint density at radius 1 is 1.47 bits per heavy atom. The quantitative estimate of drug-likeness (QED) is 0.879. The van der Waals surface area contributed by atoms with Crippen molar-refractivity contribution in [3.8, 4) is 0 Å². The average Bonchev–Trinajstić information content (AvgIpc) is 2.43. The monoisotopic (exact) mass is 283 g/mol. The molecule has 0 radical (unpaired) electrons. The number of amides is 1. The van der Waals surface area contributed by atoms with Gasteiger partial charge in [0.15, 0.2) is 5.82 Å². The second-order valence-electron chi connectivity index (χ2n) is 4.68. The van der Waals surface area contributed by atoms with Gasteiger partial charge in [0.05, 0.1) is 6.20 Å². The van der Waals surface area contributed by atoms with Crippen molar-refractivity contribution in [1.82, 2.24) is 14.9 Å². The lowest BCUT2D eigenvalue weighted by molar-refractivity contribution is -0.132. The summed E-state index contributed by atoms with van der Waals surface area (Å²) in [6, 6.07) is -0.384. The van der Waals surface area contributed by atoms with Crippen LogP contribution in [-0.4, -0.2) is 39.9 Å². The average molecular weight is 284 g/mol. The van der Waals surface area contributed by atoms with Gasteiger partial charge in [-0.25, -0.2) is 4.98 Å². The van der Waals surface area contributed by atoms with E-state index < -0.39 is 0 Å². The maximum Gasteiger partial charge on any atom is 0.244 e. The minimum Gasteiger partial charge on any atom is -0.368 e. The van der Waals surface area contributed by atoms with Crippen molar-refractivity contribution >= 4 is 29.3 Å². The maximum absolute atomic E-state index is 12.2. The van der Waals surface area contributed by atoms with E-state index >= 15 is 0 Å². The fraction of sp³-hybridized carbons (Fsp3) is 0.583. The fourth-order valence-electron chi connectivity index (χ4n) is 2.14. The molecule has 0 aliphatic carbocycles. The first-order valence-corrected chi connectivity index (χ1v) is 6.79. The Morgan fingerprint density at radius 3 is 2.84 bits per heavy atom. The lowest BCUT2D eigenvalue weighted by Gasteiger charge is -2.29. The van der Waals surface area contributed by atoms with Crippen molar-refractivity contribution in [2.45, 2.75) is 32.2 Å². The van der Waals surface area contributed by atoms with Crippen LogP contribution in [0.3, 0.4) is 0 Å². The molecule has 1 atom stereocenters. The van der Waals surface area contributed by atoms with Crippen molar-refractivity contribution in [1.29, 1.82) is 0 Å². The Kier molecular flexibility index (Phi) is 4.42. The molecular formula is C12H18ClN5O. The zero-order chi connectivity index (χ0) is 13.8. The third-order valence-corrected chi connectivity index (χ3v) is 3.43. The number of halogens is 1. The van der Waals surface area contributed by atoms with Gasteiger partial charge in [0.2, 0.25) is 11.9 Å². The van der Waals surface area contributed by atoms with Crippen molar-refractivity contribution in [2.75, 3.05) is 24.1 Å². The Morgan fingerprint density at radius 2 is 2.16 bits per heavy atom. The second-order valence-corrected chi connectivity index (χ2v) is 5.08. The molecule has 0 bridgehead atoms. The molecule has 2 rings (SSSR count). The molecule has 0 saturated carbocycles. The number of anilines is 2. The molecule has 0 spiro atoms. The number of carbonyl (C=O) groups excluding carboxylic acids is 1. The third kappa shape index (κ3) is 3.47. The van der Waals surface area contributed by atoms with Gasteiger partial charge in [-0.3, -0.25) is 4.79 Å². The third-order valence-electron chi connectivity index (χ3n) is 3.15. The molecule has 104 valence electrons. The lowest BCUT2D eigenvalue weighted by atomic mass is 10.1. The van der Waals surface area contributed by atoms with Crippen LogP contribution >= 0.6 is 11.6 Å². The molecule has 7 heteroatoms. The molecule has 1 saturated heterocycles. The summed E-state index contributed by atoms with van der Waals surface area (Å²) in [5, 5.41) is 3.35. The van der Waals surface area contributed by atoms with Gasteiger partial charge in [-0.2, -0.15) is 4.98 Å². The number of rotatable bonds is 3. The van der Waals surface area contributed by atoms with Gasteiger partial charge in [0.25, 0.3) is 0 Å². The van der Waals surface area contributed by atoms with Gasteiger partial charge in [0, 0.05) is 13.1 Å². The fourth-order valence-corrected chi connectivity index (χ4v) is 2.28. The highest BCUT2D eigenvalue weighted by atomic mass is 35.5. The molecule has 3 N–H and O–H groups in total. The van der Waals surface area contributed by atoms with E-state index in [0.29, 0.717) is 10.8 Å². The van der Waals surface area contributed by atoms with E-state index in [1.807, 2.05) is 4.90 Å². The molecule has 0 aromatic carbocycles. The van der Waals surface area contributed by atoms with Crippen LogP contribution in [-0.2, 0) is 4.79 Å². The zero-order valence-electron chi connectivity index (χ0n) is 10.9. The summed E-state index contributed by atoms with van der Waals surface area (Å²) in [5.74, 6) is 0.587. The van der Waals surface area contributed by atoms with Crippen molar-refractivity contribution in [3.05, 3.63) is 11.2 Å². The summed E-state index contributed by atoms with van der Waals surface area (Å²) in [7, 11) is 0. The number of piperidine rings is 1.